The van der Waals surface area contributed by atoms with Crippen molar-refractivity contribution < 1.29 is 0 Å². The molecule has 4 nitrogen and oxygen atoms in total. The van der Waals surface area contributed by atoms with Gasteiger partial charge in [-0.15, -0.1) is 10.2 Å². The summed E-state index contributed by atoms with van der Waals surface area (Å²) in [6.45, 7) is 2.20. The highest BCUT2D eigenvalue weighted by molar-refractivity contribution is 8.01. The van der Waals surface area contributed by atoms with Crippen molar-refractivity contribution in [3.63, 3.8) is 0 Å². The number of nitrogens with one attached hydrogen (secondary N) is 1. The van der Waals surface area contributed by atoms with Crippen LogP contribution >= 0.6 is 23.1 Å². The normalized spacial score (nSPS) is 17.1. The molecule has 2 heterocycles. The van der Waals surface area contributed by atoms with E-state index in [0.29, 0.717) is 5.25 Å². The number of hydrogen-bond donors (Lipinski definition) is 1. The smallest absolute Gasteiger partial charge is 0.208 e. The van der Waals surface area contributed by atoms with E-state index in [0.717, 1.165) is 22.6 Å². The van der Waals surface area contributed by atoms with Gasteiger partial charge in [0.1, 0.15) is 0 Å². The van der Waals surface area contributed by atoms with Gasteiger partial charge in [0.05, 0.1) is 0 Å². The third-order valence-corrected chi connectivity index (χ3v) is 4.16. The zero-order valence-electron chi connectivity index (χ0n) is 7.65. The molecule has 1 aliphatic rings. The van der Waals surface area contributed by atoms with Crippen molar-refractivity contribution >= 4 is 28.2 Å². The van der Waals surface area contributed by atoms with E-state index in [-0.39, 0.29) is 0 Å². The summed E-state index contributed by atoms with van der Waals surface area (Å²) in [7, 11) is 3.97. The summed E-state index contributed by atoms with van der Waals surface area (Å²) in [6.07, 6.45) is 0. The second-order valence-corrected chi connectivity index (χ2v) is 5.65. The maximum Gasteiger partial charge on any atom is 0.208 e. The highest BCUT2D eigenvalue weighted by atomic mass is 32.2. The summed E-state index contributed by atoms with van der Waals surface area (Å²) < 4.78 is 1.08. The Labute approximate surface area is 85.7 Å². The van der Waals surface area contributed by atoms with Crippen LogP contribution in [0.15, 0.2) is 4.34 Å². The van der Waals surface area contributed by atoms with Crippen molar-refractivity contribution in [1.82, 2.24) is 15.5 Å². The Kier molecular flexibility index (Phi) is 2.71. The van der Waals surface area contributed by atoms with Gasteiger partial charge in [-0.1, -0.05) is 23.1 Å². The van der Waals surface area contributed by atoms with E-state index in [2.05, 4.69) is 15.5 Å². The van der Waals surface area contributed by atoms with Crippen molar-refractivity contribution in [2.45, 2.75) is 9.59 Å². The van der Waals surface area contributed by atoms with E-state index in [1.54, 1.807) is 11.3 Å². The van der Waals surface area contributed by atoms with E-state index in [9.17, 15) is 0 Å². The molecule has 72 valence electrons. The molecule has 0 spiro atoms. The summed E-state index contributed by atoms with van der Waals surface area (Å²) in [4.78, 5) is 1.99. The molecule has 0 aliphatic carbocycles. The molecule has 1 saturated heterocycles. The molecule has 2 rings (SSSR count). The van der Waals surface area contributed by atoms with Crippen LogP contribution < -0.4 is 10.2 Å². The summed E-state index contributed by atoms with van der Waals surface area (Å²) in [6, 6.07) is 0. The Morgan fingerprint density at radius 1 is 1.46 bits per heavy atom. The molecule has 0 atom stereocenters. The minimum absolute atomic E-state index is 0.697. The molecule has 1 N–H and O–H groups in total. The van der Waals surface area contributed by atoms with Gasteiger partial charge >= 0.3 is 0 Å². The predicted molar refractivity (Wildman–Crippen MR) is 56.8 cm³/mol. The molecule has 1 fully saturated rings. The fourth-order valence-electron chi connectivity index (χ4n) is 0.919. The molecule has 0 bridgehead atoms. The molecule has 0 radical (unpaired) electrons. The number of nitrogens with zero attached hydrogens (tertiary/aromatic N) is 3. The average molecular weight is 216 g/mol. The number of rotatable bonds is 3. The van der Waals surface area contributed by atoms with Crippen LogP contribution in [0.4, 0.5) is 5.13 Å². The van der Waals surface area contributed by atoms with Gasteiger partial charge in [-0.2, -0.15) is 0 Å². The van der Waals surface area contributed by atoms with Crippen LogP contribution in [0.25, 0.3) is 0 Å². The van der Waals surface area contributed by atoms with Gasteiger partial charge in [0.25, 0.3) is 0 Å². The first-order valence-corrected chi connectivity index (χ1v) is 5.83. The second-order valence-electron chi connectivity index (χ2n) is 3.14. The first-order chi connectivity index (χ1) is 6.25. The van der Waals surface area contributed by atoms with Crippen LogP contribution in [-0.4, -0.2) is 42.6 Å². The molecule has 0 saturated carbocycles. The molecule has 0 amide bonds. The van der Waals surface area contributed by atoms with Gasteiger partial charge < -0.3 is 10.2 Å². The van der Waals surface area contributed by atoms with Crippen molar-refractivity contribution in [1.29, 1.82) is 0 Å². The van der Waals surface area contributed by atoms with Gasteiger partial charge in [0.2, 0.25) is 5.13 Å². The first-order valence-electron chi connectivity index (χ1n) is 4.14. The topological polar surface area (TPSA) is 41.1 Å². The zero-order chi connectivity index (χ0) is 9.26. The minimum Gasteiger partial charge on any atom is -0.353 e. The Hall–Kier alpha value is -0.330. The number of anilines is 1. The SMILES string of the molecule is CN(C)c1nnc(SC2CNC2)s1. The lowest BCUT2D eigenvalue weighted by molar-refractivity contribution is 0.543. The molecular weight excluding hydrogens is 204 g/mol. The molecule has 6 heteroatoms. The number of thioether (sulfide) groups is 1. The van der Waals surface area contributed by atoms with E-state index in [4.69, 9.17) is 0 Å². The standard InChI is InChI=1S/C7H12N4S2/c1-11(2)6-9-10-7(13-6)12-5-3-8-4-5/h5,8H,3-4H2,1-2H3. The Morgan fingerprint density at radius 3 is 2.69 bits per heavy atom. The van der Waals surface area contributed by atoms with E-state index < -0.39 is 0 Å². The van der Waals surface area contributed by atoms with E-state index in [1.165, 1.54) is 0 Å². The fourth-order valence-corrected chi connectivity index (χ4v) is 3.02. The summed E-state index contributed by atoms with van der Waals surface area (Å²) in [5.74, 6) is 0. The lowest BCUT2D eigenvalue weighted by Gasteiger charge is -2.24. The van der Waals surface area contributed by atoms with Gasteiger partial charge in [0, 0.05) is 32.4 Å². The Bertz CT molecular complexity index is 282. The van der Waals surface area contributed by atoms with Crippen molar-refractivity contribution in [3.8, 4) is 0 Å². The van der Waals surface area contributed by atoms with E-state index >= 15 is 0 Å². The molecule has 1 aliphatic heterocycles. The monoisotopic (exact) mass is 216 g/mol. The summed E-state index contributed by atoms with van der Waals surface area (Å²) in [5, 5.41) is 13.1. The molecule has 13 heavy (non-hydrogen) atoms. The largest absolute Gasteiger partial charge is 0.353 e. The van der Waals surface area contributed by atoms with Crippen LogP contribution in [0.5, 0.6) is 0 Å². The van der Waals surface area contributed by atoms with Gasteiger partial charge in [-0.25, -0.2) is 0 Å². The van der Waals surface area contributed by atoms with Gasteiger partial charge in [-0.05, 0) is 0 Å². The molecule has 1 aromatic heterocycles. The van der Waals surface area contributed by atoms with E-state index in [1.807, 2.05) is 30.8 Å². The average Bonchev–Trinajstić information content (AvgIpc) is 2.44. The highest BCUT2D eigenvalue weighted by Gasteiger charge is 2.20. The molecule has 0 aromatic carbocycles. The van der Waals surface area contributed by atoms with Crippen LogP contribution in [0, 0.1) is 0 Å². The quantitative estimate of drug-likeness (QED) is 0.804. The van der Waals surface area contributed by atoms with Crippen LogP contribution in [-0.2, 0) is 0 Å². The number of aromatic nitrogens is 2. The molecular formula is C7H12N4S2. The van der Waals surface area contributed by atoms with Gasteiger partial charge in [-0.3, -0.25) is 0 Å². The number of hydrogen-bond acceptors (Lipinski definition) is 6. The van der Waals surface area contributed by atoms with Crippen molar-refractivity contribution in [2.24, 2.45) is 0 Å². The van der Waals surface area contributed by atoms with Crippen LogP contribution in [0.3, 0.4) is 0 Å². The molecule has 1 aromatic rings. The van der Waals surface area contributed by atoms with Crippen LogP contribution in [0.2, 0.25) is 0 Å². The third kappa shape index (κ3) is 2.12. The fraction of sp³-hybridized carbons (Fsp3) is 0.714. The molecule has 0 unspecified atom stereocenters. The second kappa shape index (κ2) is 3.81. The highest BCUT2D eigenvalue weighted by Crippen LogP contribution is 2.30. The maximum absolute atomic E-state index is 4.12. The lowest BCUT2D eigenvalue weighted by Crippen LogP contribution is -2.44. The minimum atomic E-state index is 0.697. The van der Waals surface area contributed by atoms with Crippen LogP contribution in [0.1, 0.15) is 0 Å². The first kappa shape index (κ1) is 9.23. The zero-order valence-corrected chi connectivity index (χ0v) is 9.28. The summed E-state index contributed by atoms with van der Waals surface area (Å²) >= 11 is 3.48. The third-order valence-electron chi connectivity index (χ3n) is 1.79. The van der Waals surface area contributed by atoms with Crippen molar-refractivity contribution in [2.75, 3.05) is 32.1 Å². The Balaban J connectivity index is 1.96. The van der Waals surface area contributed by atoms with Gasteiger partial charge in [0.15, 0.2) is 4.34 Å². The maximum atomic E-state index is 4.12. The lowest BCUT2D eigenvalue weighted by atomic mass is 10.3. The predicted octanol–water partition coefficient (Wildman–Crippen LogP) is 0.668. The Morgan fingerprint density at radius 2 is 2.23 bits per heavy atom. The van der Waals surface area contributed by atoms with Crippen molar-refractivity contribution in [3.05, 3.63) is 0 Å². The summed E-state index contributed by atoms with van der Waals surface area (Å²) in [5.41, 5.74) is 0.